The van der Waals surface area contributed by atoms with Crippen molar-refractivity contribution in [2.45, 2.75) is 27.2 Å². The fourth-order valence-electron chi connectivity index (χ4n) is 3.37. The summed E-state index contributed by atoms with van der Waals surface area (Å²) in [4.78, 5) is 14.7. The zero-order chi connectivity index (χ0) is 15.1. The Kier molecular flexibility index (Phi) is 3.70. The van der Waals surface area contributed by atoms with Crippen LogP contribution in [-0.4, -0.2) is 23.9 Å². The van der Waals surface area contributed by atoms with Gasteiger partial charge in [-0.15, -0.1) is 0 Å². The zero-order valence-corrected chi connectivity index (χ0v) is 13.4. The Labute approximate surface area is 129 Å². The van der Waals surface area contributed by atoms with Crippen LogP contribution in [0.1, 0.15) is 36.4 Å². The van der Waals surface area contributed by atoms with E-state index in [0.717, 1.165) is 29.6 Å². The van der Waals surface area contributed by atoms with Crippen LogP contribution in [0.2, 0.25) is 5.02 Å². The van der Waals surface area contributed by atoms with E-state index in [-0.39, 0.29) is 5.91 Å². The average Bonchev–Trinajstić information content (AvgIpc) is 2.74. The summed E-state index contributed by atoms with van der Waals surface area (Å²) >= 11 is 6.03. The fourth-order valence-corrected chi connectivity index (χ4v) is 3.54. The minimum Gasteiger partial charge on any atom is -0.451 e. The largest absolute Gasteiger partial charge is 0.451 e. The topological polar surface area (TPSA) is 33.5 Å². The Morgan fingerprint density at radius 2 is 1.95 bits per heavy atom. The normalized spacial score (nSPS) is 22.8. The molecule has 1 fully saturated rings. The van der Waals surface area contributed by atoms with Crippen molar-refractivity contribution in [1.82, 2.24) is 4.90 Å². The number of hydrogen-bond donors (Lipinski definition) is 0. The van der Waals surface area contributed by atoms with Crippen molar-refractivity contribution in [3.05, 3.63) is 34.5 Å². The van der Waals surface area contributed by atoms with Crippen LogP contribution in [0.5, 0.6) is 0 Å². The van der Waals surface area contributed by atoms with Crippen LogP contribution in [-0.2, 0) is 0 Å². The van der Waals surface area contributed by atoms with Crippen molar-refractivity contribution < 1.29 is 9.21 Å². The molecule has 0 spiro atoms. The molecule has 1 aliphatic rings. The van der Waals surface area contributed by atoms with E-state index in [1.165, 1.54) is 6.42 Å². The zero-order valence-electron chi connectivity index (χ0n) is 12.6. The highest BCUT2D eigenvalue weighted by atomic mass is 35.5. The maximum absolute atomic E-state index is 12.8. The van der Waals surface area contributed by atoms with Crippen molar-refractivity contribution in [3.63, 3.8) is 0 Å². The third-order valence-electron chi connectivity index (χ3n) is 4.25. The predicted molar refractivity (Wildman–Crippen MR) is 84.8 cm³/mol. The summed E-state index contributed by atoms with van der Waals surface area (Å²) < 4.78 is 5.79. The quantitative estimate of drug-likeness (QED) is 0.776. The number of fused-ring (bicyclic) bond motifs is 1. The van der Waals surface area contributed by atoms with Gasteiger partial charge in [0, 0.05) is 29.1 Å². The Hall–Kier alpha value is -1.48. The second kappa shape index (κ2) is 5.38. The van der Waals surface area contributed by atoms with Gasteiger partial charge in [-0.05, 0) is 43.4 Å². The second-order valence-electron chi connectivity index (χ2n) is 6.35. The Morgan fingerprint density at radius 3 is 2.62 bits per heavy atom. The van der Waals surface area contributed by atoms with E-state index < -0.39 is 0 Å². The van der Waals surface area contributed by atoms with Gasteiger partial charge >= 0.3 is 0 Å². The van der Waals surface area contributed by atoms with Gasteiger partial charge < -0.3 is 9.32 Å². The molecule has 4 heteroatoms. The van der Waals surface area contributed by atoms with Crippen LogP contribution in [0.25, 0.3) is 11.0 Å². The lowest BCUT2D eigenvalue weighted by molar-refractivity contribution is 0.0593. The molecule has 0 N–H and O–H groups in total. The van der Waals surface area contributed by atoms with Gasteiger partial charge in [0.2, 0.25) is 0 Å². The summed E-state index contributed by atoms with van der Waals surface area (Å²) in [6.45, 7) is 7.93. The number of piperidine rings is 1. The molecule has 1 amide bonds. The minimum absolute atomic E-state index is 0.00165. The summed E-state index contributed by atoms with van der Waals surface area (Å²) in [6, 6.07) is 5.46. The Morgan fingerprint density at radius 1 is 1.29 bits per heavy atom. The summed E-state index contributed by atoms with van der Waals surface area (Å²) in [5.41, 5.74) is 1.60. The third kappa shape index (κ3) is 2.67. The van der Waals surface area contributed by atoms with Crippen molar-refractivity contribution in [2.75, 3.05) is 13.1 Å². The van der Waals surface area contributed by atoms with E-state index >= 15 is 0 Å². The van der Waals surface area contributed by atoms with Crippen molar-refractivity contribution >= 4 is 28.5 Å². The molecule has 2 atom stereocenters. The SMILES string of the molecule is Cc1c(C(=O)N2CC(C)CC(C)C2)oc2ccc(Cl)cc12. The number of hydrogen-bond acceptors (Lipinski definition) is 2. The first-order chi connectivity index (χ1) is 9.95. The molecular formula is C17H20ClNO2. The first-order valence-corrected chi connectivity index (χ1v) is 7.81. The van der Waals surface area contributed by atoms with Crippen LogP contribution < -0.4 is 0 Å². The average molecular weight is 306 g/mol. The molecule has 112 valence electrons. The molecule has 3 nitrogen and oxygen atoms in total. The van der Waals surface area contributed by atoms with Crippen LogP contribution >= 0.6 is 11.6 Å². The number of rotatable bonds is 1. The Bertz CT molecular complexity index is 681. The van der Waals surface area contributed by atoms with E-state index in [9.17, 15) is 4.79 Å². The number of amides is 1. The second-order valence-corrected chi connectivity index (χ2v) is 6.79. The fraction of sp³-hybridized carbons (Fsp3) is 0.471. The van der Waals surface area contributed by atoms with Crippen LogP contribution in [0.15, 0.2) is 22.6 Å². The first-order valence-electron chi connectivity index (χ1n) is 7.43. The number of furan rings is 1. The summed E-state index contributed by atoms with van der Waals surface area (Å²) in [5.74, 6) is 1.53. The van der Waals surface area contributed by atoms with E-state index in [1.807, 2.05) is 24.0 Å². The van der Waals surface area contributed by atoms with Gasteiger partial charge in [0.1, 0.15) is 5.58 Å². The van der Waals surface area contributed by atoms with Gasteiger partial charge in [-0.1, -0.05) is 25.4 Å². The van der Waals surface area contributed by atoms with Crippen LogP contribution in [0, 0.1) is 18.8 Å². The lowest BCUT2D eigenvalue weighted by Crippen LogP contribution is -2.42. The van der Waals surface area contributed by atoms with Gasteiger partial charge in [-0.25, -0.2) is 0 Å². The molecule has 0 radical (unpaired) electrons. The Balaban J connectivity index is 1.96. The molecule has 1 aromatic carbocycles. The summed E-state index contributed by atoms with van der Waals surface area (Å²) in [5, 5.41) is 1.58. The standard InChI is InChI=1S/C17H20ClNO2/c1-10-6-11(2)9-19(8-10)17(20)16-12(3)14-7-13(18)4-5-15(14)21-16/h4-5,7,10-11H,6,8-9H2,1-3H3. The minimum atomic E-state index is -0.00165. The highest BCUT2D eigenvalue weighted by molar-refractivity contribution is 6.31. The van der Waals surface area contributed by atoms with Crippen molar-refractivity contribution in [2.24, 2.45) is 11.8 Å². The van der Waals surface area contributed by atoms with E-state index in [2.05, 4.69) is 13.8 Å². The van der Waals surface area contributed by atoms with Crippen LogP contribution in [0.4, 0.5) is 0 Å². The molecule has 0 bridgehead atoms. The number of carbonyl (C=O) groups excluding carboxylic acids is 1. The van der Waals surface area contributed by atoms with Gasteiger partial charge in [-0.2, -0.15) is 0 Å². The van der Waals surface area contributed by atoms with Gasteiger partial charge in [0.25, 0.3) is 5.91 Å². The highest BCUT2D eigenvalue weighted by Gasteiger charge is 2.29. The molecule has 21 heavy (non-hydrogen) atoms. The first kappa shape index (κ1) is 14.5. The maximum Gasteiger partial charge on any atom is 0.289 e. The lowest BCUT2D eigenvalue weighted by atomic mass is 9.91. The molecule has 1 aliphatic heterocycles. The predicted octanol–water partition coefficient (Wildman–Crippen LogP) is 4.51. The molecule has 2 unspecified atom stereocenters. The molecule has 1 saturated heterocycles. The molecule has 0 aliphatic carbocycles. The smallest absolute Gasteiger partial charge is 0.289 e. The van der Waals surface area contributed by atoms with E-state index in [0.29, 0.717) is 22.6 Å². The number of halogens is 1. The number of benzene rings is 1. The summed E-state index contributed by atoms with van der Waals surface area (Å²) in [7, 11) is 0. The molecule has 2 aromatic rings. The van der Waals surface area contributed by atoms with Gasteiger partial charge in [0.15, 0.2) is 5.76 Å². The van der Waals surface area contributed by atoms with E-state index in [4.69, 9.17) is 16.0 Å². The van der Waals surface area contributed by atoms with Crippen molar-refractivity contribution in [3.8, 4) is 0 Å². The monoisotopic (exact) mass is 305 g/mol. The number of carbonyl (C=O) groups is 1. The van der Waals surface area contributed by atoms with Gasteiger partial charge in [0.05, 0.1) is 0 Å². The molecule has 3 rings (SSSR count). The van der Waals surface area contributed by atoms with Crippen LogP contribution in [0.3, 0.4) is 0 Å². The molecular weight excluding hydrogens is 286 g/mol. The molecule has 2 heterocycles. The molecule has 0 saturated carbocycles. The lowest BCUT2D eigenvalue weighted by Gasteiger charge is -2.34. The third-order valence-corrected chi connectivity index (χ3v) is 4.48. The summed E-state index contributed by atoms with van der Waals surface area (Å²) in [6.07, 6.45) is 1.18. The molecule has 1 aromatic heterocycles. The number of likely N-dealkylation sites (tertiary alicyclic amines) is 1. The van der Waals surface area contributed by atoms with Crippen molar-refractivity contribution in [1.29, 1.82) is 0 Å². The number of aryl methyl sites for hydroxylation is 1. The highest BCUT2D eigenvalue weighted by Crippen LogP contribution is 2.30. The maximum atomic E-state index is 12.8. The van der Waals surface area contributed by atoms with Gasteiger partial charge in [-0.3, -0.25) is 4.79 Å². The van der Waals surface area contributed by atoms with E-state index in [1.54, 1.807) is 6.07 Å². The number of nitrogens with zero attached hydrogens (tertiary/aromatic N) is 1.